The number of rotatable bonds is 0. The molecule has 1 saturated heterocycles. The van der Waals surface area contributed by atoms with Crippen molar-refractivity contribution in [3.8, 4) is 6.07 Å². The van der Waals surface area contributed by atoms with E-state index in [1.54, 1.807) is 0 Å². The lowest BCUT2D eigenvalue weighted by Crippen LogP contribution is -2.07. The highest BCUT2D eigenvalue weighted by atomic mass is 32.2. The van der Waals surface area contributed by atoms with Gasteiger partial charge in [-0.2, -0.15) is 0 Å². The van der Waals surface area contributed by atoms with E-state index in [9.17, 15) is 8.42 Å². The molecule has 0 bridgehead atoms. The van der Waals surface area contributed by atoms with Crippen LogP contribution in [0.4, 0.5) is 0 Å². The van der Waals surface area contributed by atoms with E-state index in [1.165, 1.54) is 0 Å². The zero-order chi connectivity index (χ0) is 8.32. The largest absolute Gasteiger partial charge is 0.476 e. The van der Waals surface area contributed by atoms with Crippen LogP contribution < -0.4 is 5.32 Å². The van der Waals surface area contributed by atoms with Crippen LogP contribution in [-0.4, -0.2) is 27.8 Å². The van der Waals surface area contributed by atoms with E-state index < -0.39 is 10.0 Å². The second-order valence-corrected chi connectivity index (χ2v) is 4.29. The lowest BCUT2D eigenvalue weighted by Gasteiger charge is -1.83. The summed E-state index contributed by atoms with van der Waals surface area (Å²) in [6.45, 7) is 1.72. The minimum atomic E-state index is -3.23. The molecule has 5 heteroatoms. The Hall–Kier alpha value is -0.600. The Morgan fingerprint density at radius 3 is 2.82 bits per heavy atom. The van der Waals surface area contributed by atoms with Gasteiger partial charge in [-0.1, -0.05) is 0 Å². The van der Waals surface area contributed by atoms with Crippen LogP contribution in [0.2, 0.25) is 0 Å². The zero-order valence-corrected chi connectivity index (χ0v) is 7.19. The molecule has 1 fully saturated rings. The predicted molar refractivity (Wildman–Crippen MR) is 43.1 cm³/mol. The van der Waals surface area contributed by atoms with E-state index in [1.807, 2.05) is 0 Å². The summed E-state index contributed by atoms with van der Waals surface area (Å²) in [5.74, 6) is 0.171. The molecule has 0 aromatic heterocycles. The summed E-state index contributed by atoms with van der Waals surface area (Å²) in [6, 6.07) is 2.60. The Morgan fingerprint density at radius 2 is 2.36 bits per heavy atom. The van der Waals surface area contributed by atoms with Gasteiger partial charge >= 0.3 is 16.1 Å². The van der Waals surface area contributed by atoms with Crippen molar-refractivity contribution in [1.82, 2.24) is 5.32 Å². The molecule has 0 aromatic carbocycles. The van der Waals surface area contributed by atoms with Crippen LogP contribution >= 0.6 is 0 Å². The lowest BCUT2D eigenvalue weighted by molar-refractivity contribution is 0.609. The van der Waals surface area contributed by atoms with Gasteiger partial charge in [-0.25, -0.2) is 0 Å². The summed E-state index contributed by atoms with van der Waals surface area (Å²) in [4.78, 5) is 0. The minimum Gasteiger partial charge on any atom is -0.315 e. The Bertz CT molecular complexity index is 279. The highest BCUT2D eigenvalue weighted by Crippen LogP contribution is 2.05. The van der Waals surface area contributed by atoms with Crippen molar-refractivity contribution in [3.63, 3.8) is 0 Å². The van der Waals surface area contributed by atoms with Gasteiger partial charge in [0, 0.05) is 6.54 Å². The summed E-state index contributed by atoms with van der Waals surface area (Å²) in [5, 5.41) is 3.09. The van der Waals surface area contributed by atoms with Crippen LogP contribution in [0.5, 0.6) is 0 Å². The first kappa shape index (κ1) is 8.50. The van der Waals surface area contributed by atoms with Crippen LogP contribution in [0.3, 0.4) is 0 Å². The molecule has 1 N–H and O–H groups in total. The third-order valence-electron chi connectivity index (χ3n) is 1.46. The van der Waals surface area contributed by atoms with Crippen LogP contribution in [0.15, 0.2) is 0 Å². The maximum absolute atomic E-state index is 10.5. The molecule has 62 valence electrons. The first-order valence-electron chi connectivity index (χ1n) is 3.46. The Morgan fingerprint density at radius 1 is 1.64 bits per heavy atom. The van der Waals surface area contributed by atoms with Gasteiger partial charge in [0.05, 0.1) is 4.25 Å². The van der Waals surface area contributed by atoms with Gasteiger partial charge in [0.1, 0.15) is 12.2 Å². The topological polar surface area (TPSA) is 50.5 Å². The van der Waals surface area contributed by atoms with Gasteiger partial charge in [-0.3, -0.25) is 0 Å². The van der Waals surface area contributed by atoms with E-state index in [2.05, 4.69) is 15.6 Å². The highest BCUT2D eigenvalue weighted by molar-refractivity contribution is 7.92. The standard InChI is InChI=1S/C6H11N2O2S/c1-11(9,10)8-5-6-2-3-7-4-6/h6-7H,2-4H2,1H3/q+1. The highest BCUT2D eigenvalue weighted by Gasteiger charge is 2.19. The predicted octanol–water partition coefficient (Wildman–Crippen LogP) is -0.112. The number of hydrogen-bond acceptors (Lipinski definition) is 3. The normalized spacial score (nSPS) is 24.3. The Labute approximate surface area is 66.5 Å². The van der Waals surface area contributed by atoms with Crippen molar-refractivity contribution in [2.24, 2.45) is 5.92 Å². The van der Waals surface area contributed by atoms with Crippen LogP contribution in [0.25, 0.3) is 4.25 Å². The van der Waals surface area contributed by atoms with Crippen LogP contribution in [-0.2, 0) is 10.0 Å². The van der Waals surface area contributed by atoms with Crippen molar-refractivity contribution in [2.75, 3.05) is 19.3 Å². The molecule has 1 unspecified atom stereocenters. The molecule has 1 atom stereocenters. The smallest absolute Gasteiger partial charge is 0.315 e. The molecule has 0 aliphatic carbocycles. The number of hydrogen-bond donors (Lipinski definition) is 1. The van der Waals surface area contributed by atoms with Crippen molar-refractivity contribution in [2.45, 2.75) is 6.42 Å². The second-order valence-electron chi connectivity index (χ2n) is 2.64. The van der Waals surface area contributed by atoms with Crippen molar-refractivity contribution in [3.05, 3.63) is 4.25 Å². The molecular formula is C6H11N2O2S+. The summed E-state index contributed by atoms with van der Waals surface area (Å²) >= 11 is 0. The fourth-order valence-corrected chi connectivity index (χ4v) is 1.28. The SMILES string of the molecule is CS(=O)(=O)[N+]#CC1CCNC1. The average molecular weight is 175 g/mol. The third-order valence-corrected chi connectivity index (χ3v) is 1.90. The summed E-state index contributed by atoms with van der Waals surface area (Å²) in [7, 11) is -3.23. The second kappa shape index (κ2) is 3.20. The Balaban J connectivity index is 2.56. The molecule has 0 radical (unpaired) electrons. The van der Waals surface area contributed by atoms with Gasteiger partial charge in [0.25, 0.3) is 0 Å². The zero-order valence-electron chi connectivity index (χ0n) is 6.37. The molecule has 1 aliphatic rings. The molecule has 4 nitrogen and oxygen atoms in total. The van der Waals surface area contributed by atoms with Gasteiger partial charge in [-0.15, -0.1) is 8.42 Å². The molecule has 1 heterocycles. The van der Waals surface area contributed by atoms with E-state index in [4.69, 9.17) is 0 Å². The van der Waals surface area contributed by atoms with Crippen LogP contribution in [0, 0.1) is 12.0 Å². The van der Waals surface area contributed by atoms with E-state index in [-0.39, 0.29) is 5.92 Å². The molecule has 1 rings (SSSR count). The quantitative estimate of drug-likeness (QED) is 0.559. The van der Waals surface area contributed by atoms with Crippen LogP contribution in [0.1, 0.15) is 6.42 Å². The molecule has 1 aliphatic heterocycles. The Kier molecular flexibility index (Phi) is 2.47. The molecule has 0 amide bonds. The molecule has 11 heavy (non-hydrogen) atoms. The summed E-state index contributed by atoms with van der Waals surface area (Å²) < 4.78 is 24.4. The van der Waals surface area contributed by atoms with Gasteiger partial charge in [0.15, 0.2) is 0 Å². The first-order chi connectivity index (χ1) is 5.08. The third kappa shape index (κ3) is 3.35. The van der Waals surface area contributed by atoms with Crippen molar-refractivity contribution in [1.29, 1.82) is 0 Å². The van der Waals surface area contributed by atoms with E-state index in [0.29, 0.717) is 0 Å². The van der Waals surface area contributed by atoms with Crippen molar-refractivity contribution < 1.29 is 8.42 Å². The number of nitrogens with zero attached hydrogens (tertiary/aromatic N) is 1. The van der Waals surface area contributed by atoms with Gasteiger partial charge in [-0.05, 0) is 13.0 Å². The summed E-state index contributed by atoms with van der Waals surface area (Å²) in [6.07, 6.45) is 2.00. The monoisotopic (exact) mass is 175 g/mol. The van der Waals surface area contributed by atoms with E-state index in [0.717, 1.165) is 25.8 Å². The van der Waals surface area contributed by atoms with Gasteiger partial charge < -0.3 is 5.32 Å². The number of sulfonamides is 1. The van der Waals surface area contributed by atoms with E-state index >= 15 is 0 Å². The fourth-order valence-electron chi connectivity index (χ4n) is 0.935. The molecule has 0 spiro atoms. The average Bonchev–Trinajstić information content (AvgIpc) is 2.32. The molecule has 0 aromatic rings. The maximum Gasteiger partial charge on any atom is 0.476 e. The number of nitrogens with one attached hydrogen (secondary N) is 1. The van der Waals surface area contributed by atoms with Gasteiger partial charge in [0.2, 0.25) is 0 Å². The summed E-state index contributed by atoms with van der Waals surface area (Å²) in [5.41, 5.74) is 0. The van der Waals surface area contributed by atoms with Crippen molar-refractivity contribution >= 4 is 10.0 Å². The molecular weight excluding hydrogens is 164 g/mol. The lowest BCUT2D eigenvalue weighted by atomic mass is 10.1. The first-order valence-corrected chi connectivity index (χ1v) is 5.31. The minimum absolute atomic E-state index is 0.171. The molecule has 0 saturated carbocycles. The fraction of sp³-hybridized carbons (Fsp3) is 0.833. The maximum atomic E-state index is 10.5.